The molecule has 0 aliphatic heterocycles. The highest BCUT2D eigenvalue weighted by molar-refractivity contribution is 5.85. The lowest BCUT2D eigenvalue weighted by Gasteiger charge is -2.08. The number of nitrogens with two attached hydrogens (primary N) is 1. The Bertz CT molecular complexity index is 646. The second-order valence-corrected chi connectivity index (χ2v) is 6.66. The lowest BCUT2D eigenvalue weighted by Crippen LogP contribution is -2.29. The molecule has 148 valence electrons. The zero-order chi connectivity index (χ0) is 18.6. The molecule has 3 N–H and O–H groups in total. The van der Waals surface area contributed by atoms with Crippen molar-refractivity contribution in [2.45, 2.75) is 51.0 Å². The first-order chi connectivity index (χ1) is 12.6. The van der Waals surface area contributed by atoms with Gasteiger partial charge < -0.3 is 15.6 Å². The number of ether oxygens (including phenoxy) is 1. The smallest absolute Gasteiger partial charge is 0.320 e. The molecule has 2 aromatic carbocycles. The van der Waals surface area contributed by atoms with Gasteiger partial charge in [-0.1, -0.05) is 68.1 Å². The SMILES string of the molecule is Cl.NC(CCCCCCCOc1ccc(Cc2ccccc2)cc1)C(=O)O. The second-order valence-electron chi connectivity index (χ2n) is 6.66. The van der Waals surface area contributed by atoms with E-state index in [1.54, 1.807) is 0 Å². The van der Waals surface area contributed by atoms with Gasteiger partial charge in [0.15, 0.2) is 0 Å². The van der Waals surface area contributed by atoms with E-state index in [2.05, 4.69) is 36.4 Å². The molecule has 27 heavy (non-hydrogen) atoms. The van der Waals surface area contributed by atoms with Crippen molar-refractivity contribution in [3.63, 3.8) is 0 Å². The molecule has 2 rings (SSSR count). The van der Waals surface area contributed by atoms with Gasteiger partial charge in [-0.15, -0.1) is 12.4 Å². The number of hydrogen-bond donors (Lipinski definition) is 2. The highest BCUT2D eigenvalue weighted by Gasteiger charge is 2.09. The molecular weight excluding hydrogens is 362 g/mol. The van der Waals surface area contributed by atoms with Gasteiger partial charge in [0.1, 0.15) is 11.8 Å². The fourth-order valence-corrected chi connectivity index (χ4v) is 2.85. The predicted octanol–water partition coefficient (Wildman–Crippen LogP) is 4.83. The molecule has 0 saturated heterocycles. The Hall–Kier alpha value is -2.04. The summed E-state index contributed by atoms with van der Waals surface area (Å²) in [6, 6.07) is 18.0. The number of rotatable bonds is 12. The maximum atomic E-state index is 10.6. The number of aliphatic carboxylic acids is 1. The van der Waals surface area contributed by atoms with Gasteiger partial charge in [-0.3, -0.25) is 4.79 Å². The minimum absolute atomic E-state index is 0. The van der Waals surface area contributed by atoms with Gasteiger partial charge >= 0.3 is 5.97 Å². The molecule has 0 aromatic heterocycles. The molecule has 4 nitrogen and oxygen atoms in total. The first kappa shape index (κ1) is 23.0. The number of benzene rings is 2. The van der Waals surface area contributed by atoms with Gasteiger partial charge in [-0.2, -0.15) is 0 Å². The maximum Gasteiger partial charge on any atom is 0.320 e. The summed E-state index contributed by atoms with van der Waals surface area (Å²) in [5.74, 6) is 0.00225. The van der Waals surface area contributed by atoms with Crippen molar-refractivity contribution in [1.29, 1.82) is 0 Å². The van der Waals surface area contributed by atoms with Gasteiger partial charge in [-0.05, 0) is 42.5 Å². The van der Waals surface area contributed by atoms with E-state index in [1.807, 2.05) is 18.2 Å². The predicted molar refractivity (Wildman–Crippen MR) is 112 cm³/mol. The van der Waals surface area contributed by atoms with E-state index in [-0.39, 0.29) is 12.4 Å². The Morgan fingerprint density at radius 3 is 2.15 bits per heavy atom. The standard InChI is InChI=1S/C22H29NO3.ClH/c23-21(22(24)25)11-7-2-1-3-8-16-26-20-14-12-19(13-15-20)17-18-9-5-4-6-10-18;/h4-6,9-10,12-15,21H,1-3,7-8,11,16-17,23H2,(H,24,25);1H. The van der Waals surface area contributed by atoms with E-state index in [1.165, 1.54) is 11.1 Å². The quantitative estimate of drug-likeness (QED) is 0.508. The van der Waals surface area contributed by atoms with Crippen LogP contribution < -0.4 is 10.5 Å². The second kappa shape index (κ2) is 13.2. The minimum atomic E-state index is -0.909. The normalized spacial score (nSPS) is 11.4. The van der Waals surface area contributed by atoms with Crippen molar-refractivity contribution < 1.29 is 14.6 Å². The van der Waals surface area contributed by atoms with Crippen LogP contribution in [0.1, 0.15) is 49.7 Å². The highest BCUT2D eigenvalue weighted by Crippen LogP contribution is 2.16. The topological polar surface area (TPSA) is 72.5 Å². The van der Waals surface area contributed by atoms with Crippen molar-refractivity contribution in [2.24, 2.45) is 5.73 Å². The van der Waals surface area contributed by atoms with E-state index in [0.29, 0.717) is 13.0 Å². The largest absolute Gasteiger partial charge is 0.494 e. The molecule has 0 heterocycles. The van der Waals surface area contributed by atoms with Crippen molar-refractivity contribution in [1.82, 2.24) is 0 Å². The fraction of sp³-hybridized carbons (Fsp3) is 0.409. The third-order valence-electron chi connectivity index (χ3n) is 4.42. The molecule has 0 spiro atoms. The molecule has 2 aromatic rings. The molecule has 0 aliphatic rings. The molecular formula is C22H30ClNO3. The molecule has 0 bridgehead atoms. The fourth-order valence-electron chi connectivity index (χ4n) is 2.85. The average Bonchev–Trinajstić information content (AvgIpc) is 2.65. The van der Waals surface area contributed by atoms with E-state index in [4.69, 9.17) is 15.6 Å². The Balaban J connectivity index is 0.00000364. The third-order valence-corrected chi connectivity index (χ3v) is 4.42. The van der Waals surface area contributed by atoms with Crippen molar-refractivity contribution in [3.8, 4) is 5.75 Å². The van der Waals surface area contributed by atoms with E-state index < -0.39 is 12.0 Å². The van der Waals surface area contributed by atoms with Crippen LogP contribution in [0.15, 0.2) is 54.6 Å². The summed E-state index contributed by atoms with van der Waals surface area (Å²) >= 11 is 0. The number of carboxylic acid groups (broad SMARTS) is 1. The summed E-state index contributed by atoms with van der Waals surface area (Å²) in [7, 11) is 0. The van der Waals surface area contributed by atoms with Crippen LogP contribution >= 0.6 is 12.4 Å². The van der Waals surface area contributed by atoms with Crippen LogP contribution in [-0.4, -0.2) is 23.7 Å². The number of carbonyl (C=O) groups is 1. The molecule has 5 heteroatoms. The monoisotopic (exact) mass is 391 g/mol. The Labute approximate surface area is 168 Å². The lowest BCUT2D eigenvalue weighted by atomic mass is 10.1. The third kappa shape index (κ3) is 9.45. The summed E-state index contributed by atoms with van der Waals surface area (Å²) in [4.78, 5) is 10.6. The van der Waals surface area contributed by atoms with Crippen LogP contribution in [0.5, 0.6) is 5.75 Å². The highest BCUT2D eigenvalue weighted by atomic mass is 35.5. The van der Waals surface area contributed by atoms with Crippen LogP contribution in [0.4, 0.5) is 0 Å². The summed E-state index contributed by atoms with van der Waals surface area (Å²) in [6.07, 6.45) is 6.58. The molecule has 0 radical (unpaired) electrons. The average molecular weight is 392 g/mol. The van der Waals surface area contributed by atoms with Gasteiger partial charge in [0, 0.05) is 0 Å². The van der Waals surface area contributed by atoms with Crippen molar-refractivity contribution >= 4 is 18.4 Å². The van der Waals surface area contributed by atoms with Gasteiger partial charge in [0.25, 0.3) is 0 Å². The summed E-state index contributed by atoms with van der Waals surface area (Å²) < 4.78 is 5.79. The number of hydrogen-bond acceptors (Lipinski definition) is 3. The number of carboxylic acids is 1. The van der Waals surface area contributed by atoms with Crippen molar-refractivity contribution in [3.05, 3.63) is 65.7 Å². The molecule has 1 unspecified atom stereocenters. The number of halogens is 1. The van der Waals surface area contributed by atoms with Crippen molar-refractivity contribution in [2.75, 3.05) is 6.61 Å². The minimum Gasteiger partial charge on any atom is -0.494 e. The van der Waals surface area contributed by atoms with Crippen LogP contribution in [0.2, 0.25) is 0 Å². The number of unbranched alkanes of at least 4 members (excludes halogenated alkanes) is 4. The van der Waals surface area contributed by atoms with E-state index in [9.17, 15) is 4.79 Å². The zero-order valence-electron chi connectivity index (χ0n) is 15.7. The molecule has 1 atom stereocenters. The molecule has 0 fully saturated rings. The Morgan fingerprint density at radius 2 is 1.48 bits per heavy atom. The van der Waals surface area contributed by atoms with Crippen LogP contribution in [0.25, 0.3) is 0 Å². The molecule has 0 amide bonds. The van der Waals surface area contributed by atoms with E-state index in [0.717, 1.165) is 44.3 Å². The van der Waals surface area contributed by atoms with Crippen LogP contribution in [0, 0.1) is 0 Å². The van der Waals surface area contributed by atoms with Gasteiger partial charge in [0.05, 0.1) is 6.61 Å². The van der Waals surface area contributed by atoms with Gasteiger partial charge in [0.2, 0.25) is 0 Å². The Kier molecular flexibility index (Phi) is 11.2. The molecule has 0 aliphatic carbocycles. The molecule has 0 saturated carbocycles. The first-order valence-electron chi connectivity index (χ1n) is 9.39. The summed E-state index contributed by atoms with van der Waals surface area (Å²) in [5.41, 5.74) is 8.07. The zero-order valence-corrected chi connectivity index (χ0v) is 16.5. The summed E-state index contributed by atoms with van der Waals surface area (Å²) in [5, 5.41) is 8.71. The Morgan fingerprint density at radius 1 is 0.889 bits per heavy atom. The van der Waals surface area contributed by atoms with Crippen LogP contribution in [0.3, 0.4) is 0 Å². The lowest BCUT2D eigenvalue weighted by molar-refractivity contribution is -0.138. The van der Waals surface area contributed by atoms with E-state index >= 15 is 0 Å². The summed E-state index contributed by atoms with van der Waals surface area (Å²) in [6.45, 7) is 0.715. The first-order valence-corrected chi connectivity index (χ1v) is 9.39. The maximum absolute atomic E-state index is 10.6. The van der Waals surface area contributed by atoms with Crippen LogP contribution in [-0.2, 0) is 11.2 Å². The van der Waals surface area contributed by atoms with Gasteiger partial charge in [-0.25, -0.2) is 0 Å².